The molecule has 0 aromatic heterocycles. The molecular weight excluding hydrogens is 132 g/mol. The highest BCUT2D eigenvalue weighted by atomic mass is 14.0. The van der Waals surface area contributed by atoms with E-state index in [2.05, 4.69) is 37.0 Å². The molecule has 1 rings (SSSR count). The van der Waals surface area contributed by atoms with Crippen molar-refractivity contribution in [1.29, 1.82) is 0 Å². The molecule has 0 radical (unpaired) electrons. The van der Waals surface area contributed by atoms with Crippen LogP contribution in [0.5, 0.6) is 0 Å². The predicted molar refractivity (Wildman–Crippen MR) is 49.0 cm³/mol. The minimum atomic E-state index is 0.872. The third-order valence-electron chi connectivity index (χ3n) is 1.74. The lowest BCUT2D eigenvalue weighted by molar-refractivity contribution is 1.38. The molecule has 1 aliphatic carbocycles. The minimum absolute atomic E-state index is 0.872. The first-order valence-corrected chi connectivity index (χ1v) is 3.83. The van der Waals surface area contributed by atoms with Gasteiger partial charge in [0.1, 0.15) is 0 Å². The third kappa shape index (κ3) is 2.13. The predicted octanol–water partition coefficient (Wildman–Crippen LogP) is 2.84. The molecule has 0 fully saturated rings. The molecule has 0 N–H and O–H groups in total. The Balaban J connectivity index is 2.89. The van der Waals surface area contributed by atoms with Crippen molar-refractivity contribution in [2.45, 2.75) is 20.3 Å². The molecule has 0 aliphatic heterocycles. The Morgan fingerprint density at radius 2 is 2.45 bits per heavy atom. The summed E-state index contributed by atoms with van der Waals surface area (Å²) in [5.41, 5.74) is 2.52. The highest BCUT2D eigenvalue weighted by molar-refractivity contribution is 5.44. The highest BCUT2D eigenvalue weighted by Crippen LogP contribution is 2.11. The fourth-order valence-electron chi connectivity index (χ4n) is 0.893. The van der Waals surface area contributed by atoms with Gasteiger partial charge >= 0.3 is 0 Å². The van der Waals surface area contributed by atoms with E-state index < -0.39 is 0 Å². The molecular formula is C11H12. The second-order valence-electron chi connectivity index (χ2n) is 2.50. The first-order valence-electron chi connectivity index (χ1n) is 3.83. The van der Waals surface area contributed by atoms with E-state index in [0.717, 1.165) is 6.42 Å². The zero-order valence-electron chi connectivity index (χ0n) is 7.02. The second-order valence-corrected chi connectivity index (χ2v) is 2.50. The van der Waals surface area contributed by atoms with Crippen molar-refractivity contribution >= 4 is 0 Å². The standard InChI is InChI=1S/C11H12/c1-3-10(2)11-8-6-4-5-7-9-11/h3,6,8-9H,4H2,1-2H3/b10-3+. The van der Waals surface area contributed by atoms with Crippen LogP contribution in [0.3, 0.4) is 0 Å². The molecule has 0 atom stereocenters. The van der Waals surface area contributed by atoms with Crippen molar-refractivity contribution in [2.75, 3.05) is 0 Å². The molecule has 0 saturated carbocycles. The van der Waals surface area contributed by atoms with E-state index in [1.807, 2.05) is 13.0 Å². The first-order chi connectivity index (χ1) is 5.34. The largest absolute Gasteiger partial charge is 0.0943 e. The van der Waals surface area contributed by atoms with Crippen molar-refractivity contribution in [2.24, 2.45) is 0 Å². The quantitative estimate of drug-likeness (QED) is 0.496. The molecule has 0 unspecified atom stereocenters. The van der Waals surface area contributed by atoms with Crippen LogP contribution in [0.25, 0.3) is 0 Å². The molecule has 0 aromatic carbocycles. The SMILES string of the molecule is C/C=C(\C)C1=CC#CCC=C1. The average Bonchev–Trinajstić information content (AvgIpc) is 2.30. The molecule has 0 bridgehead atoms. The van der Waals surface area contributed by atoms with Gasteiger partial charge in [0.05, 0.1) is 0 Å². The maximum Gasteiger partial charge on any atom is 0.0276 e. The number of hydrogen-bond acceptors (Lipinski definition) is 0. The van der Waals surface area contributed by atoms with Gasteiger partial charge in [-0.2, -0.15) is 0 Å². The zero-order valence-corrected chi connectivity index (χ0v) is 7.02. The fourth-order valence-corrected chi connectivity index (χ4v) is 0.893. The van der Waals surface area contributed by atoms with Crippen LogP contribution in [-0.2, 0) is 0 Å². The van der Waals surface area contributed by atoms with E-state index in [0.29, 0.717) is 0 Å². The summed E-state index contributed by atoms with van der Waals surface area (Å²) in [6.07, 6.45) is 9.15. The van der Waals surface area contributed by atoms with Crippen molar-refractivity contribution in [1.82, 2.24) is 0 Å². The summed E-state index contributed by atoms with van der Waals surface area (Å²) in [7, 11) is 0. The normalized spacial score (nSPS) is 16.5. The maximum absolute atomic E-state index is 3.02. The van der Waals surface area contributed by atoms with Gasteiger partial charge in [0, 0.05) is 6.42 Å². The van der Waals surface area contributed by atoms with Crippen LogP contribution in [0.4, 0.5) is 0 Å². The Morgan fingerprint density at radius 1 is 1.64 bits per heavy atom. The molecule has 11 heavy (non-hydrogen) atoms. The smallest absolute Gasteiger partial charge is 0.0276 e. The average molecular weight is 144 g/mol. The van der Waals surface area contributed by atoms with E-state index in [1.54, 1.807) is 0 Å². The topological polar surface area (TPSA) is 0 Å². The van der Waals surface area contributed by atoms with Crippen molar-refractivity contribution in [3.8, 4) is 11.8 Å². The molecule has 0 heterocycles. The number of allylic oxidation sites excluding steroid dienone is 6. The monoisotopic (exact) mass is 144 g/mol. The summed E-state index contributed by atoms with van der Waals surface area (Å²) in [5.74, 6) is 6.01. The van der Waals surface area contributed by atoms with Crippen LogP contribution in [0.1, 0.15) is 20.3 Å². The Hall–Kier alpha value is -1.22. The van der Waals surface area contributed by atoms with Crippen LogP contribution in [0.2, 0.25) is 0 Å². The zero-order chi connectivity index (χ0) is 8.10. The van der Waals surface area contributed by atoms with E-state index >= 15 is 0 Å². The van der Waals surface area contributed by atoms with E-state index in [-0.39, 0.29) is 0 Å². The second kappa shape index (κ2) is 3.83. The van der Waals surface area contributed by atoms with Gasteiger partial charge in [-0.05, 0) is 31.1 Å². The Kier molecular flexibility index (Phi) is 2.74. The van der Waals surface area contributed by atoms with Crippen LogP contribution in [-0.4, -0.2) is 0 Å². The van der Waals surface area contributed by atoms with Crippen LogP contribution in [0.15, 0.2) is 35.5 Å². The minimum Gasteiger partial charge on any atom is -0.0943 e. The molecule has 1 aliphatic rings. The Labute approximate surface area is 68.3 Å². The molecule has 0 aromatic rings. The van der Waals surface area contributed by atoms with Gasteiger partial charge in [-0.1, -0.05) is 30.1 Å². The lowest BCUT2D eigenvalue weighted by atomic mass is 10.1. The van der Waals surface area contributed by atoms with Crippen molar-refractivity contribution in [3.05, 3.63) is 35.5 Å². The van der Waals surface area contributed by atoms with E-state index in [4.69, 9.17) is 0 Å². The van der Waals surface area contributed by atoms with Gasteiger partial charge in [0.2, 0.25) is 0 Å². The number of rotatable bonds is 1. The molecule has 0 saturated heterocycles. The van der Waals surface area contributed by atoms with Gasteiger partial charge in [-0.3, -0.25) is 0 Å². The highest BCUT2D eigenvalue weighted by Gasteiger charge is 1.93. The molecule has 0 amide bonds. The van der Waals surface area contributed by atoms with Gasteiger partial charge in [-0.15, -0.1) is 0 Å². The Morgan fingerprint density at radius 3 is 3.18 bits per heavy atom. The summed E-state index contributed by atoms with van der Waals surface area (Å²) in [5, 5.41) is 0. The van der Waals surface area contributed by atoms with Crippen molar-refractivity contribution in [3.63, 3.8) is 0 Å². The van der Waals surface area contributed by atoms with Crippen molar-refractivity contribution < 1.29 is 0 Å². The van der Waals surface area contributed by atoms with Gasteiger partial charge < -0.3 is 0 Å². The summed E-state index contributed by atoms with van der Waals surface area (Å²) >= 11 is 0. The molecule has 0 heteroatoms. The third-order valence-corrected chi connectivity index (χ3v) is 1.74. The lowest BCUT2D eigenvalue weighted by Gasteiger charge is -1.97. The van der Waals surface area contributed by atoms with Gasteiger partial charge in [0.15, 0.2) is 0 Å². The van der Waals surface area contributed by atoms with Crippen LogP contribution < -0.4 is 0 Å². The van der Waals surface area contributed by atoms with Gasteiger partial charge in [0.25, 0.3) is 0 Å². The lowest BCUT2D eigenvalue weighted by Crippen LogP contribution is -1.78. The van der Waals surface area contributed by atoms with Gasteiger partial charge in [-0.25, -0.2) is 0 Å². The van der Waals surface area contributed by atoms with Crippen LogP contribution >= 0.6 is 0 Å². The molecule has 0 spiro atoms. The fraction of sp³-hybridized carbons (Fsp3) is 0.273. The Bertz CT molecular complexity index is 277. The summed E-state index contributed by atoms with van der Waals surface area (Å²) < 4.78 is 0. The maximum atomic E-state index is 3.02. The first kappa shape index (κ1) is 7.88. The molecule has 56 valence electrons. The van der Waals surface area contributed by atoms with Crippen LogP contribution in [0, 0.1) is 11.8 Å². The summed E-state index contributed by atoms with van der Waals surface area (Å²) in [4.78, 5) is 0. The molecule has 0 nitrogen and oxygen atoms in total. The number of hydrogen-bond donors (Lipinski definition) is 0. The van der Waals surface area contributed by atoms with E-state index in [1.165, 1.54) is 11.1 Å². The summed E-state index contributed by atoms with van der Waals surface area (Å²) in [6, 6.07) is 0. The summed E-state index contributed by atoms with van der Waals surface area (Å²) in [6.45, 7) is 4.14. The van der Waals surface area contributed by atoms with E-state index in [9.17, 15) is 0 Å².